The molecule has 0 aliphatic carbocycles. The van der Waals surface area contributed by atoms with Gasteiger partial charge >= 0.3 is 0 Å². The number of H-pyrrole nitrogens is 1. The maximum absolute atomic E-state index is 12.5. The van der Waals surface area contributed by atoms with Gasteiger partial charge in [0, 0.05) is 29.5 Å². The van der Waals surface area contributed by atoms with Gasteiger partial charge in [0.15, 0.2) is 15.6 Å². The number of carbonyl (C=O) groups is 1. The Bertz CT molecular complexity index is 865. The first kappa shape index (κ1) is 15.7. The summed E-state index contributed by atoms with van der Waals surface area (Å²) in [5.41, 5.74) is 0.100. The van der Waals surface area contributed by atoms with E-state index in [1.165, 1.54) is 24.0 Å². The number of nitrogens with one attached hydrogen (secondary N) is 1. The molecular weight excluding hydrogens is 360 g/mol. The number of halogens is 1. The van der Waals surface area contributed by atoms with Crippen molar-refractivity contribution in [2.75, 3.05) is 6.26 Å². The normalized spacial score (nSPS) is 11.6. The number of carbonyl (C=O) groups excluding carboxylic acids is 1. The maximum atomic E-state index is 12.5. The second-order valence-electron chi connectivity index (χ2n) is 4.75. The molecule has 0 saturated carbocycles. The molecule has 2 rings (SSSR count). The van der Waals surface area contributed by atoms with E-state index in [1.54, 1.807) is 12.1 Å². The van der Waals surface area contributed by atoms with E-state index >= 15 is 0 Å². The Balaban J connectivity index is 2.56. The van der Waals surface area contributed by atoms with E-state index < -0.39 is 21.2 Å². The van der Waals surface area contributed by atoms with E-state index in [1.807, 2.05) is 0 Å². The number of rotatable bonds is 4. The van der Waals surface area contributed by atoms with Crippen LogP contribution in [0.1, 0.15) is 21.5 Å². The van der Waals surface area contributed by atoms with Gasteiger partial charge in [0.25, 0.3) is 5.56 Å². The van der Waals surface area contributed by atoms with Gasteiger partial charge < -0.3 is 5.10 Å². The van der Waals surface area contributed by atoms with Crippen molar-refractivity contribution in [1.29, 1.82) is 0 Å². The van der Waals surface area contributed by atoms with Crippen LogP contribution in [0.2, 0.25) is 0 Å². The summed E-state index contributed by atoms with van der Waals surface area (Å²) >= 11 is 3.25. The van der Waals surface area contributed by atoms with Gasteiger partial charge in [-0.3, -0.25) is 14.3 Å². The Morgan fingerprint density at radius 3 is 2.52 bits per heavy atom. The molecule has 0 atom stereocenters. The van der Waals surface area contributed by atoms with Crippen LogP contribution in [0.3, 0.4) is 0 Å². The van der Waals surface area contributed by atoms with Crippen molar-refractivity contribution in [1.82, 2.24) is 9.78 Å². The van der Waals surface area contributed by atoms with Crippen molar-refractivity contribution in [2.24, 2.45) is 7.05 Å². The van der Waals surface area contributed by atoms with E-state index in [4.69, 9.17) is 0 Å². The molecule has 0 saturated heterocycles. The van der Waals surface area contributed by atoms with E-state index in [9.17, 15) is 18.0 Å². The summed E-state index contributed by atoms with van der Waals surface area (Å²) in [4.78, 5) is 24.3. The summed E-state index contributed by atoms with van der Waals surface area (Å²) in [7, 11) is -1.80. The summed E-state index contributed by atoms with van der Waals surface area (Å²) in [5.74, 6) is -0.763. The molecule has 0 unspecified atom stereocenters. The average Bonchev–Trinajstić information content (AvgIpc) is 2.67. The molecule has 0 spiro atoms. The lowest BCUT2D eigenvalue weighted by Gasteiger charge is -2.07. The van der Waals surface area contributed by atoms with Crippen LogP contribution in [0.15, 0.2) is 33.7 Å². The molecule has 0 aliphatic heterocycles. The van der Waals surface area contributed by atoms with Crippen molar-refractivity contribution in [2.45, 2.75) is 5.75 Å². The van der Waals surface area contributed by atoms with Crippen LogP contribution in [0.25, 0.3) is 0 Å². The van der Waals surface area contributed by atoms with Gasteiger partial charge in [-0.2, -0.15) is 0 Å². The highest BCUT2D eigenvalue weighted by Crippen LogP contribution is 2.20. The Morgan fingerprint density at radius 1 is 1.33 bits per heavy atom. The fourth-order valence-corrected chi connectivity index (χ4v) is 3.17. The van der Waals surface area contributed by atoms with Crippen LogP contribution in [-0.4, -0.2) is 30.2 Å². The molecule has 1 aromatic carbocycles. The number of aromatic nitrogens is 2. The van der Waals surface area contributed by atoms with Crippen LogP contribution in [0.4, 0.5) is 0 Å². The highest BCUT2D eigenvalue weighted by atomic mass is 79.9. The van der Waals surface area contributed by atoms with Crippen LogP contribution in [-0.2, 0) is 22.6 Å². The van der Waals surface area contributed by atoms with Crippen molar-refractivity contribution >= 4 is 31.6 Å². The topological polar surface area (TPSA) is 89.0 Å². The molecule has 0 bridgehead atoms. The molecule has 1 aromatic heterocycles. The summed E-state index contributed by atoms with van der Waals surface area (Å²) in [6.45, 7) is 0. The quantitative estimate of drug-likeness (QED) is 0.817. The predicted molar refractivity (Wildman–Crippen MR) is 82.2 cm³/mol. The van der Waals surface area contributed by atoms with Gasteiger partial charge in [0.1, 0.15) is 5.56 Å². The molecule has 8 heteroatoms. The zero-order valence-corrected chi connectivity index (χ0v) is 13.8. The van der Waals surface area contributed by atoms with Crippen molar-refractivity contribution in [3.05, 3.63) is 55.9 Å². The van der Waals surface area contributed by atoms with Crippen molar-refractivity contribution in [3.63, 3.8) is 0 Å². The fourth-order valence-electron chi connectivity index (χ4n) is 1.96. The first-order chi connectivity index (χ1) is 9.69. The number of aryl methyl sites for hydroxylation is 1. The average molecular weight is 373 g/mol. The van der Waals surface area contributed by atoms with Gasteiger partial charge in [-0.1, -0.05) is 15.9 Å². The Hall–Kier alpha value is -1.67. The van der Waals surface area contributed by atoms with Crippen molar-refractivity contribution in [3.8, 4) is 0 Å². The number of sulfone groups is 1. The molecule has 2 aromatic rings. The summed E-state index contributed by atoms with van der Waals surface area (Å²) in [6, 6.07) is 4.72. The molecule has 0 aliphatic rings. The van der Waals surface area contributed by atoms with E-state index in [2.05, 4.69) is 21.0 Å². The molecule has 0 amide bonds. The highest BCUT2D eigenvalue weighted by Gasteiger charge is 2.20. The second-order valence-corrected chi connectivity index (χ2v) is 7.81. The SMILES string of the molecule is Cn1[nH]cc(C(=O)c2ccc(Br)cc2CS(C)(=O)=O)c1=O. The monoisotopic (exact) mass is 372 g/mol. The number of benzene rings is 1. The van der Waals surface area contributed by atoms with E-state index in [0.717, 1.165) is 6.26 Å². The smallest absolute Gasteiger partial charge is 0.277 e. The highest BCUT2D eigenvalue weighted by molar-refractivity contribution is 9.10. The van der Waals surface area contributed by atoms with Crippen LogP contribution >= 0.6 is 15.9 Å². The maximum Gasteiger partial charge on any atom is 0.277 e. The summed E-state index contributed by atoms with van der Waals surface area (Å²) in [6.07, 6.45) is 2.41. The Labute approximate surface area is 129 Å². The van der Waals surface area contributed by atoms with E-state index in [0.29, 0.717) is 10.0 Å². The molecule has 0 fully saturated rings. The molecule has 1 N–H and O–H groups in total. The molecule has 0 radical (unpaired) electrons. The van der Waals surface area contributed by atoms with Crippen LogP contribution < -0.4 is 5.56 Å². The number of hydrogen-bond donors (Lipinski definition) is 1. The third-order valence-corrected chi connectivity index (χ3v) is 4.24. The zero-order chi connectivity index (χ0) is 15.8. The minimum Gasteiger partial charge on any atom is -0.302 e. The second kappa shape index (κ2) is 5.61. The van der Waals surface area contributed by atoms with Crippen LogP contribution in [0, 0.1) is 0 Å². The number of nitrogens with zero attached hydrogens (tertiary/aromatic N) is 1. The molecule has 6 nitrogen and oxygen atoms in total. The fraction of sp³-hybridized carbons (Fsp3) is 0.231. The minimum absolute atomic E-state index is 0.0189. The van der Waals surface area contributed by atoms with Gasteiger partial charge in [-0.15, -0.1) is 0 Å². The molecule has 1 heterocycles. The Kier molecular flexibility index (Phi) is 4.20. The van der Waals surface area contributed by atoms with Gasteiger partial charge in [0.05, 0.1) is 5.75 Å². The number of hydrogen-bond acceptors (Lipinski definition) is 4. The predicted octanol–water partition coefficient (Wildman–Crippen LogP) is 1.25. The van der Waals surface area contributed by atoms with Gasteiger partial charge in [0.2, 0.25) is 0 Å². The zero-order valence-electron chi connectivity index (χ0n) is 11.4. The van der Waals surface area contributed by atoms with Crippen LogP contribution in [0.5, 0.6) is 0 Å². The Morgan fingerprint density at radius 2 is 2.00 bits per heavy atom. The standard InChI is InChI=1S/C13H13BrN2O4S/c1-16-13(18)11(6-15-16)12(17)10-4-3-9(14)5-8(10)7-21(2,19)20/h3-6,15H,7H2,1-2H3. The molecule has 21 heavy (non-hydrogen) atoms. The third kappa shape index (κ3) is 3.51. The first-order valence-corrected chi connectivity index (χ1v) is 8.79. The van der Waals surface area contributed by atoms with Crippen molar-refractivity contribution < 1.29 is 13.2 Å². The summed E-state index contributed by atoms with van der Waals surface area (Å²) in [5, 5.41) is 2.62. The lowest BCUT2D eigenvalue weighted by Crippen LogP contribution is -2.20. The van der Waals surface area contributed by atoms with Gasteiger partial charge in [-0.25, -0.2) is 8.42 Å². The third-order valence-electron chi connectivity index (χ3n) is 2.91. The summed E-state index contributed by atoms with van der Waals surface area (Å²) < 4.78 is 24.8. The largest absolute Gasteiger partial charge is 0.302 e. The number of aromatic amines is 1. The lowest BCUT2D eigenvalue weighted by molar-refractivity contribution is 0.103. The van der Waals surface area contributed by atoms with E-state index in [-0.39, 0.29) is 16.9 Å². The lowest BCUT2D eigenvalue weighted by atomic mass is 10.0. The minimum atomic E-state index is -3.30. The van der Waals surface area contributed by atoms with Gasteiger partial charge in [-0.05, 0) is 23.8 Å². The molecular formula is C13H13BrN2O4S. The number of ketones is 1. The first-order valence-electron chi connectivity index (χ1n) is 5.94. The molecule has 112 valence electrons.